The minimum absolute atomic E-state index is 0.369. The molecule has 0 aliphatic carbocycles. The van der Waals surface area contributed by atoms with Crippen molar-refractivity contribution in [1.82, 2.24) is 4.31 Å². The normalized spacial score (nSPS) is 12.3. The molecule has 0 aliphatic heterocycles. The second kappa shape index (κ2) is 8.76. The molecule has 0 saturated carbocycles. The molecule has 0 aliphatic rings. The molecule has 0 aromatic heterocycles. The number of alkyl halides is 1. The number of rotatable bonds is 9. The third-order valence-corrected chi connectivity index (χ3v) is 6.06. The summed E-state index contributed by atoms with van der Waals surface area (Å²) in [4.78, 5) is 0.369. The zero-order valence-electron chi connectivity index (χ0n) is 13.2. The summed E-state index contributed by atoms with van der Waals surface area (Å²) in [7, 11) is -3.40. The number of halogens is 1. The largest absolute Gasteiger partial charge is 0.243 e. The van der Waals surface area contributed by atoms with Crippen molar-refractivity contribution in [1.29, 1.82) is 0 Å². The van der Waals surface area contributed by atoms with Crippen LogP contribution in [-0.4, -0.2) is 31.7 Å². The van der Waals surface area contributed by atoms with Gasteiger partial charge >= 0.3 is 0 Å². The van der Waals surface area contributed by atoms with Crippen LogP contribution in [0.5, 0.6) is 0 Å². The van der Waals surface area contributed by atoms with E-state index in [2.05, 4.69) is 13.8 Å². The number of aryl methyl sites for hydroxylation is 1. The first-order valence-corrected chi connectivity index (χ1v) is 9.62. The Morgan fingerprint density at radius 3 is 2.10 bits per heavy atom. The molecule has 0 N–H and O–H groups in total. The third kappa shape index (κ3) is 4.97. The van der Waals surface area contributed by atoms with Crippen molar-refractivity contribution in [3.05, 3.63) is 29.8 Å². The van der Waals surface area contributed by atoms with Gasteiger partial charge < -0.3 is 0 Å². The zero-order valence-corrected chi connectivity index (χ0v) is 14.8. The Kier molecular flexibility index (Phi) is 7.71. The van der Waals surface area contributed by atoms with E-state index in [0.717, 1.165) is 24.8 Å². The molecule has 0 fully saturated rings. The second-order valence-corrected chi connectivity index (χ2v) is 7.54. The van der Waals surface area contributed by atoms with Crippen LogP contribution in [0.3, 0.4) is 0 Å². The van der Waals surface area contributed by atoms with Crippen molar-refractivity contribution in [2.75, 3.05) is 19.0 Å². The van der Waals surface area contributed by atoms with E-state index < -0.39 is 10.0 Å². The molecule has 0 heterocycles. The first kappa shape index (κ1) is 18.5. The number of nitrogens with zero attached hydrogens (tertiary/aromatic N) is 1. The highest BCUT2D eigenvalue weighted by atomic mass is 35.5. The Labute approximate surface area is 134 Å². The van der Waals surface area contributed by atoms with Gasteiger partial charge in [-0.1, -0.05) is 45.7 Å². The van der Waals surface area contributed by atoms with E-state index in [1.54, 1.807) is 16.4 Å². The molecule has 0 bridgehead atoms. The summed E-state index contributed by atoms with van der Waals surface area (Å²) in [6.07, 6.45) is 2.75. The second-order valence-electron chi connectivity index (χ2n) is 5.22. The topological polar surface area (TPSA) is 37.4 Å². The lowest BCUT2D eigenvalue weighted by molar-refractivity contribution is 0.339. The molecule has 1 rings (SSSR count). The van der Waals surface area contributed by atoms with Crippen molar-refractivity contribution >= 4 is 21.6 Å². The van der Waals surface area contributed by atoms with Crippen LogP contribution in [0.4, 0.5) is 0 Å². The molecule has 21 heavy (non-hydrogen) atoms. The lowest BCUT2D eigenvalue weighted by atomic mass is 10.0. The standard InChI is InChI=1S/C16H26ClNO2S/c1-4-14(5-2)13-18(6-3)21(19,20)16-9-7-15(8-10-16)11-12-17/h7-10,14H,4-6,11-13H2,1-3H3. The Morgan fingerprint density at radius 1 is 1.10 bits per heavy atom. The average Bonchev–Trinajstić information content (AvgIpc) is 2.49. The van der Waals surface area contributed by atoms with Crippen molar-refractivity contribution in [3.8, 4) is 0 Å². The fourth-order valence-corrected chi connectivity index (χ4v) is 4.06. The van der Waals surface area contributed by atoms with E-state index in [9.17, 15) is 8.42 Å². The molecule has 0 saturated heterocycles. The van der Waals surface area contributed by atoms with Gasteiger partial charge in [0.25, 0.3) is 0 Å². The molecule has 120 valence electrons. The van der Waals surface area contributed by atoms with Crippen molar-refractivity contribution < 1.29 is 8.42 Å². The quantitative estimate of drug-likeness (QED) is 0.643. The number of sulfonamides is 1. The fourth-order valence-electron chi connectivity index (χ4n) is 2.32. The summed E-state index contributed by atoms with van der Waals surface area (Å²) in [5.74, 6) is 0.956. The van der Waals surface area contributed by atoms with Crippen LogP contribution >= 0.6 is 11.6 Å². The highest BCUT2D eigenvalue weighted by Crippen LogP contribution is 2.20. The third-order valence-electron chi connectivity index (χ3n) is 3.91. The molecule has 0 atom stereocenters. The van der Waals surface area contributed by atoms with Crippen LogP contribution in [0.15, 0.2) is 29.2 Å². The van der Waals surface area contributed by atoms with E-state index in [1.807, 2.05) is 19.1 Å². The summed E-state index contributed by atoms with van der Waals surface area (Å²) < 4.78 is 27.0. The van der Waals surface area contributed by atoms with Crippen LogP contribution in [-0.2, 0) is 16.4 Å². The number of hydrogen-bond donors (Lipinski definition) is 0. The van der Waals surface area contributed by atoms with Gasteiger partial charge in [0.15, 0.2) is 0 Å². The smallest absolute Gasteiger partial charge is 0.207 e. The summed E-state index contributed by atoms with van der Waals surface area (Å²) >= 11 is 5.70. The van der Waals surface area contributed by atoms with Gasteiger partial charge in [0.05, 0.1) is 4.90 Å². The van der Waals surface area contributed by atoms with E-state index in [0.29, 0.717) is 29.8 Å². The van der Waals surface area contributed by atoms with E-state index in [1.165, 1.54) is 0 Å². The Balaban J connectivity index is 2.95. The van der Waals surface area contributed by atoms with E-state index in [-0.39, 0.29) is 0 Å². The minimum Gasteiger partial charge on any atom is -0.207 e. The van der Waals surface area contributed by atoms with Gasteiger partial charge in [0.1, 0.15) is 0 Å². The predicted octanol–water partition coefficient (Wildman–Crippen LogP) is 3.91. The molecular formula is C16H26ClNO2S. The first-order valence-electron chi connectivity index (χ1n) is 7.64. The van der Waals surface area contributed by atoms with E-state index in [4.69, 9.17) is 11.6 Å². The molecule has 5 heteroatoms. The van der Waals surface area contributed by atoms with Crippen LogP contribution in [0, 0.1) is 5.92 Å². The maximum atomic E-state index is 12.7. The van der Waals surface area contributed by atoms with Crippen LogP contribution < -0.4 is 0 Å². The van der Waals surface area contributed by atoms with Crippen LogP contribution in [0.2, 0.25) is 0 Å². The number of hydrogen-bond acceptors (Lipinski definition) is 2. The van der Waals surface area contributed by atoms with Gasteiger partial charge in [0.2, 0.25) is 10.0 Å². The molecular weight excluding hydrogens is 306 g/mol. The zero-order chi connectivity index (χ0) is 15.9. The maximum absolute atomic E-state index is 12.7. The maximum Gasteiger partial charge on any atom is 0.243 e. The fraction of sp³-hybridized carbons (Fsp3) is 0.625. The number of benzene rings is 1. The molecule has 1 aromatic carbocycles. The van der Waals surface area contributed by atoms with Gasteiger partial charge in [-0.3, -0.25) is 0 Å². The predicted molar refractivity (Wildman–Crippen MR) is 89.4 cm³/mol. The molecule has 0 radical (unpaired) electrons. The Hall–Kier alpha value is -0.580. The summed E-state index contributed by atoms with van der Waals surface area (Å²) in [6.45, 7) is 7.20. The molecule has 3 nitrogen and oxygen atoms in total. The molecule has 1 aromatic rings. The van der Waals surface area contributed by atoms with Gasteiger partial charge in [-0.2, -0.15) is 4.31 Å². The molecule has 0 amide bonds. The van der Waals surface area contributed by atoms with E-state index >= 15 is 0 Å². The average molecular weight is 332 g/mol. The first-order chi connectivity index (χ1) is 9.99. The lowest BCUT2D eigenvalue weighted by Crippen LogP contribution is -2.35. The SMILES string of the molecule is CCC(CC)CN(CC)S(=O)(=O)c1ccc(CCCl)cc1. The minimum atomic E-state index is -3.40. The highest BCUT2D eigenvalue weighted by molar-refractivity contribution is 7.89. The van der Waals surface area contributed by atoms with Crippen LogP contribution in [0.25, 0.3) is 0 Å². The summed E-state index contributed by atoms with van der Waals surface area (Å²) in [6, 6.07) is 7.07. The van der Waals surface area contributed by atoms with Crippen molar-refractivity contribution in [2.24, 2.45) is 5.92 Å². The van der Waals surface area contributed by atoms with Crippen molar-refractivity contribution in [2.45, 2.75) is 44.9 Å². The van der Waals surface area contributed by atoms with Gasteiger partial charge in [-0.25, -0.2) is 8.42 Å². The van der Waals surface area contributed by atoms with Gasteiger partial charge in [-0.15, -0.1) is 11.6 Å². The molecule has 0 spiro atoms. The van der Waals surface area contributed by atoms with Crippen LogP contribution in [0.1, 0.15) is 39.2 Å². The summed E-state index contributed by atoms with van der Waals surface area (Å²) in [5.41, 5.74) is 1.06. The lowest BCUT2D eigenvalue weighted by Gasteiger charge is -2.25. The van der Waals surface area contributed by atoms with Gasteiger partial charge in [0, 0.05) is 19.0 Å². The molecule has 0 unspecified atom stereocenters. The summed E-state index contributed by atoms with van der Waals surface area (Å²) in [5, 5.41) is 0. The monoisotopic (exact) mass is 331 g/mol. The Bertz CT molecular complexity index is 510. The highest BCUT2D eigenvalue weighted by Gasteiger charge is 2.24. The van der Waals surface area contributed by atoms with Gasteiger partial charge in [-0.05, 0) is 30.0 Å². The van der Waals surface area contributed by atoms with Crippen molar-refractivity contribution in [3.63, 3.8) is 0 Å². The Morgan fingerprint density at radius 2 is 1.67 bits per heavy atom.